The molecule has 24 heavy (non-hydrogen) atoms. The summed E-state index contributed by atoms with van der Waals surface area (Å²) in [5.41, 5.74) is 3.74. The Morgan fingerprint density at radius 3 is 2.58 bits per heavy atom. The van der Waals surface area contributed by atoms with Gasteiger partial charge in [-0.3, -0.25) is 4.79 Å². The number of benzene rings is 1. The maximum absolute atomic E-state index is 12.8. The van der Waals surface area contributed by atoms with Gasteiger partial charge in [0.15, 0.2) is 0 Å². The van der Waals surface area contributed by atoms with Crippen LogP contribution in [0.2, 0.25) is 0 Å². The minimum absolute atomic E-state index is 0.106. The van der Waals surface area contributed by atoms with E-state index in [4.69, 9.17) is 0 Å². The van der Waals surface area contributed by atoms with Gasteiger partial charge in [-0.05, 0) is 50.2 Å². The van der Waals surface area contributed by atoms with Crippen molar-refractivity contribution in [3.8, 4) is 0 Å². The molecule has 3 rings (SSSR count). The number of carbonyl (C=O) groups is 1. The molecule has 1 aromatic carbocycles. The van der Waals surface area contributed by atoms with Crippen LogP contribution in [0.1, 0.15) is 21.5 Å². The Bertz CT molecular complexity index is 736. The predicted octanol–water partition coefficient (Wildman–Crippen LogP) is 2.70. The number of pyridine rings is 1. The van der Waals surface area contributed by atoms with Gasteiger partial charge in [0.1, 0.15) is 5.82 Å². The van der Waals surface area contributed by atoms with Gasteiger partial charge < -0.3 is 15.1 Å². The summed E-state index contributed by atoms with van der Waals surface area (Å²) in [7, 11) is 2.11. The van der Waals surface area contributed by atoms with Gasteiger partial charge >= 0.3 is 0 Å². The van der Waals surface area contributed by atoms with Crippen molar-refractivity contribution in [2.45, 2.75) is 13.8 Å². The Balaban J connectivity index is 1.84. The highest BCUT2D eigenvalue weighted by atomic mass is 16.1. The van der Waals surface area contributed by atoms with E-state index < -0.39 is 0 Å². The highest BCUT2D eigenvalue weighted by molar-refractivity contribution is 6.07. The van der Waals surface area contributed by atoms with Crippen LogP contribution in [0.3, 0.4) is 0 Å². The van der Waals surface area contributed by atoms with Crippen molar-refractivity contribution in [2.75, 3.05) is 43.4 Å². The second-order valence-corrected chi connectivity index (χ2v) is 6.37. The SMILES string of the molecule is Cc1cccc(NC(=O)c2cccnc2N2CCN(C)CC2)c1C. The molecule has 0 atom stereocenters. The molecule has 0 radical (unpaired) electrons. The lowest BCUT2D eigenvalue weighted by Crippen LogP contribution is -2.45. The molecule has 0 aliphatic carbocycles. The normalized spacial score (nSPS) is 15.4. The summed E-state index contributed by atoms with van der Waals surface area (Å²) in [6.45, 7) is 7.80. The summed E-state index contributed by atoms with van der Waals surface area (Å²) in [5, 5.41) is 3.04. The number of likely N-dealkylation sites (N-methyl/N-ethyl adjacent to an activating group) is 1. The number of nitrogens with one attached hydrogen (secondary N) is 1. The summed E-state index contributed by atoms with van der Waals surface area (Å²) in [4.78, 5) is 21.8. The fourth-order valence-corrected chi connectivity index (χ4v) is 2.92. The van der Waals surface area contributed by atoms with E-state index in [0.29, 0.717) is 5.56 Å². The van der Waals surface area contributed by atoms with Crippen molar-refractivity contribution in [1.82, 2.24) is 9.88 Å². The molecule has 2 heterocycles. The van der Waals surface area contributed by atoms with Gasteiger partial charge in [0, 0.05) is 38.1 Å². The molecule has 126 valence electrons. The predicted molar refractivity (Wildman–Crippen MR) is 97.8 cm³/mol. The van der Waals surface area contributed by atoms with Gasteiger partial charge in [0.05, 0.1) is 5.56 Å². The van der Waals surface area contributed by atoms with Crippen molar-refractivity contribution in [2.24, 2.45) is 0 Å². The summed E-state index contributed by atoms with van der Waals surface area (Å²) < 4.78 is 0. The number of anilines is 2. The Kier molecular flexibility index (Phi) is 4.81. The van der Waals surface area contributed by atoms with Crippen LogP contribution < -0.4 is 10.2 Å². The van der Waals surface area contributed by atoms with Gasteiger partial charge in [-0.1, -0.05) is 12.1 Å². The third-order valence-electron chi connectivity index (χ3n) is 4.69. The summed E-state index contributed by atoms with van der Waals surface area (Å²) in [6.07, 6.45) is 1.75. The van der Waals surface area contributed by atoms with Crippen LogP contribution in [0, 0.1) is 13.8 Å². The summed E-state index contributed by atoms with van der Waals surface area (Å²) >= 11 is 0. The third-order valence-corrected chi connectivity index (χ3v) is 4.69. The number of aryl methyl sites for hydroxylation is 1. The Morgan fingerprint density at radius 1 is 1.08 bits per heavy atom. The van der Waals surface area contributed by atoms with Crippen LogP contribution in [0.5, 0.6) is 0 Å². The molecule has 1 aromatic heterocycles. The number of amides is 1. The van der Waals surface area contributed by atoms with Crippen LogP contribution in [-0.2, 0) is 0 Å². The molecule has 5 heteroatoms. The zero-order valence-electron chi connectivity index (χ0n) is 14.5. The fraction of sp³-hybridized carbons (Fsp3) is 0.368. The van der Waals surface area contributed by atoms with Crippen LogP contribution in [0.15, 0.2) is 36.5 Å². The maximum Gasteiger partial charge on any atom is 0.259 e. The molecule has 1 N–H and O–H groups in total. The van der Waals surface area contributed by atoms with Crippen molar-refractivity contribution in [3.63, 3.8) is 0 Å². The molecule has 1 fully saturated rings. The number of carbonyl (C=O) groups excluding carboxylic acids is 1. The van der Waals surface area contributed by atoms with E-state index in [1.165, 1.54) is 5.56 Å². The molecule has 1 amide bonds. The highest BCUT2D eigenvalue weighted by Gasteiger charge is 2.21. The Labute approximate surface area is 143 Å². The van der Waals surface area contributed by atoms with E-state index in [1.54, 1.807) is 6.20 Å². The first-order valence-electron chi connectivity index (χ1n) is 8.32. The van der Waals surface area contributed by atoms with Gasteiger partial charge in [-0.25, -0.2) is 4.98 Å². The number of hydrogen-bond donors (Lipinski definition) is 1. The first-order valence-corrected chi connectivity index (χ1v) is 8.32. The van der Waals surface area contributed by atoms with Crippen LogP contribution in [-0.4, -0.2) is 49.0 Å². The topological polar surface area (TPSA) is 48.5 Å². The molecule has 0 unspecified atom stereocenters. The number of piperazine rings is 1. The monoisotopic (exact) mass is 324 g/mol. The number of aromatic nitrogens is 1. The average Bonchev–Trinajstić information content (AvgIpc) is 2.59. The number of rotatable bonds is 3. The van der Waals surface area contributed by atoms with Gasteiger partial charge in [0.2, 0.25) is 0 Å². The lowest BCUT2D eigenvalue weighted by atomic mass is 10.1. The lowest BCUT2D eigenvalue weighted by Gasteiger charge is -2.34. The highest BCUT2D eigenvalue weighted by Crippen LogP contribution is 2.22. The molecular formula is C19H24N4O. The lowest BCUT2D eigenvalue weighted by molar-refractivity contribution is 0.102. The van der Waals surface area contributed by atoms with E-state index in [1.807, 2.05) is 44.2 Å². The smallest absolute Gasteiger partial charge is 0.259 e. The number of nitrogens with zero attached hydrogens (tertiary/aromatic N) is 3. The van der Waals surface area contributed by atoms with Gasteiger partial charge in [0.25, 0.3) is 5.91 Å². The second-order valence-electron chi connectivity index (χ2n) is 6.37. The Morgan fingerprint density at radius 2 is 1.83 bits per heavy atom. The van der Waals surface area contributed by atoms with E-state index in [2.05, 4.69) is 27.1 Å². The van der Waals surface area contributed by atoms with Crippen molar-refractivity contribution < 1.29 is 4.79 Å². The third kappa shape index (κ3) is 3.41. The van der Waals surface area contributed by atoms with E-state index in [-0.39, 0.29) is 5.91 Å². The van der Waals surface area contributed by atoms with Crippen molar-refractivity contribution >= 4 is 17.4 Å². The fourth-order valence-electron chi connectivity index (χ4n) is 2.92. The number of hydrogen-bond acceptors (Lipinski definition) is 4. The second kappa shape index (κ2) is 7.01. The average molecular weight is 324 g/mol. The van der Waals surface area contributed by atoms with Crippen LogP contribution in [0.25, 0.3) is 0 Å². The maximum atomic E-state index is 12.8. The molecule has 0 saturated carbocycles. The molecular weight excluding hydrogens is 300 g/mol. The zero-order chi connectivity index (χ0) is 17.1. The molecule has 2 aromatic rings. The first-order chi connectivity index (χ1) is 11.6. The minimum atomic E-state index is -0.106. The minimum Gasteiger partial charge on any atom is -0.353 e. The van der Waals surface area contributed by atoms with Crippen LogP contribution in [0.4, 0.5) is 11.5 Å². The largest absolute Gasteiger partial charge is 0.353 e. The van der Waals surface area contributed by atoms with E-state index >= 15 is 0 Å². The van der Waals surface area contributed by atoms with Gasteiger partial charge in [-0.2, -0.15) is 0 Å². The standard InChI is InChI=1S/C19H24N4O/c1-14-6-4-8-17(15(14)2)21-19(24)16-7-5-9-20-18(16)23-12-10-22(3)11-13-23/h4-9H,10-13H2,1-3H3,(H,21,24). The summed E-state index contributed by atoms with van der Waals surface area (Å²) in [6, 6.07) is 9.61. The van der Waals surface area contributed by atoms with Crippen molar-refractivity contribution in [1.29, 1.82) is 0 Å². The first kappa shape index (κ1) is 16.5. The molecule has 5 nitrogen and oxygen atoms in total. The molecule has 0 bridgehead atoms. The zero-order valence-corrected chi connectivity index (χ0v) is 14.5. The molecule has 0 spiro atoms. The van der Waals surface area contributed by atoms with E-state index in [9.17, 15) is 4.79 Å². The van der Waals surface area contributed by atoms with E-state index in [0.717, 1.165) is 43.2 Å². The van der Waals surface area contributed by atoms with Crippen molar-refractivity contribution in [3.05, 3.63) is 53.2 Å². The molecule has 1 aliphatic heterocycles. The van der Waals surface area contributed by atoms with Crippen LogP contribution >= 0.6 is 0 Å². The quantitative estimate of drug-likeness (QED) is 0.943. The van der Waals surface area contributed by atoms with Gasteiger partial charge in [-0.15, -0.1) is 0 Å². The Hall–Kier alpha value is -2.40. The summed E-state index contributed by atoms with van der Waals surface area (Å²) in [5.74, 6) is 0.666. The molecule has 1 saturated heterocycles. The molecule has 1 aliphatic rings.